The van der Waals surface area contributed by atoms with Crippen molar-refractivity contribution in [3.05, 3.63) is 24.3 Å². The van der Waals surface area contributed by atoms with Crippen molar-refractivity contribution in [2.75, 3.05) is 20.7 Å². The van der Waals surface area contributed by atoms with Gasteiger partial charge in [0.2, 0.25) is 10.0 Å². The van der Waals surface area contributed by atoms with Crippen LogP contribution in [0.15, 0.2) is 29.2 Å². The van der Waals surface area contributed by atoms with E-state index >= 15 is 0 Å². The van der Waals surface area contributed by atoms with Crippen LogP contribution >= 0.6 is 12.4 Å². The smallest absolute Gasteiger partial charge is 0.243 e. The van der Waals surface area contributed by atoms with Gasteiger partial charge in [-0.15, -0.1) is 12.4 Å². The second-order valence-electron chi connectivity index (χ2n) is 3.78. The Hall–Kier alpha value is -0.820. The molecule has 2 N–H and O–H groups in total. The van der Waals surface area contributed by atoms with Gasteiger partial charge in [0, 0.05) is 19.6 Å². The number of likely N-dealkylation sites (N-methyl/N-ethyl adjacent to an activating group) is 1. The van der Waals surface area contributed by atoms with E-state index < -0.39 is 10.0 Å². The maximum atomic E-state index is 12.2. The van der Waals surface area contributed by atoms with Crippen molar-refractivity contribution in [3.8, 4) is 5.75 Å². The van der Waals surface area contributed by atoms with Crippen LogP contribution in [0.25, 0.3) is 0 Å². The minimum Gasteiger partial charge on any atom is -0.497 e. The predicted molar refractivity (Wildman–Crippen MR) is 73.7 cm³/mol. The molecule has 0 amide bonds. The van der Waals surface area contributed by atoms with Crippen molar-refractivity contribution in [1.82, 2.24) is 4.31 Å². The predicted octanol–water partition coefficient (Wildman–Crippen LogP) is 1.08. The van der Waals surface area contributed by atoms with Crippen molar-refractivity contribution in [3.63, 3.8) is 0 Å². The second kappa shape index (κ2) is 6.94. The molecule has 1 aromatic carbocycles. The number of nitrogens with two attached hydrogens (primary N) is 1. The summed E-state index contributed by atoms with van der Waals surface area (Å²) in [4.78, 5) is 0.237. The topological polar surface area (TPSA) is 72.6 Å². The third-order valence-electron chi connectivity index (χ3n) is 2.70. The molecule has 0 heterocycles. The summed E-state index contributed by atoms with van der Waals surface area (Å²) in [5, 5.41) is 0. The summed E-state index contributed by atoms with van der Waals surface area (Å²) in [5.41, 5.74) is 5.47. The molecule has 1 rings (SSSR count). The third-order valence-corrected chi connectivity index (χ3v) is 4.68. The summed E-state index contributed by atoms with van der Waals surface area (Å²) in [6, 6.07) is 6.05. The third kappa shape index (κ3) is 3.58. The number of methoxy groups -OCH3 is 1. The monoisotopic (exact) mass is 294 g/mol. The molecular formula is C11H19ClN2O3S. The van der Waals surface area contributed by atoms with E-state index in [0.29, 0.717) is 5.75 Å². The maximum Gasteiger partial charge on any atom is 0.243 e. The van der Waals surface area contributed by atoms with Crippen LogP contribution in [0.4, 0.5) is 0 Å². The molecule has 0 fully saturated rings. The van der Waals surface area contributed by atoms with E-state index in [0.717, 1.165) is 0 Å². The van der Waals surface area contributed by atoms with E-state index in [9.17, 15) is 8.42 Å². The molecule has 104 valence electrons. The van der Waals surface area contributed by atoms with Crippen LogP contribution in [0, 0.1) is 0 Å². The number of benzene rings is 1. The molecule has 1 atom stereocenters. The van der Waals surface area contributed by atoms with Gasteiger partial charge in [0.05, 0.1) is 12.0 Å². The molecule has 0 saturated carbocycles. The number of ether oxygens (including phenoxy) is 1. The Morgan fingerprint density at radius 2 is 1.83 bits per heavy atom. The van der Waals surface area contributed by atoms with Crippen molar-refractivity contribution in [1.29, 1.82) is 0 Å². The zero-order valence-corrected chi connectivity index (χ0v) is 12.3. The lowest BCUT2D eigenvalue weighted by Gasteiger charge is -2.23. The molecule has 5 nitrogen and oxygen atoms in total. The number of rotatable bonds is 5. The lowest BCUT2D eigenvalue weighted by atomic mass is 10.3. The average molecular weight is 295 g/mol. The minimum absolute atomic E-state index is 0. The summed E-state index contributed by atoms with van der Waals surface area (Å²) in [6.45, 7) is 2.05. The highest BCUT2D eigenvalue weighted by atomic mass is 35.5. The van der Waals surface area contributed by atoms with Gasteiger partial charge in [0.15, 0.2) is 0 Å². The lowest BCUT2D eigenvalue weighted by Crippen LogP contribution is -2.39. The minimum atomic E-state index is -3.48. The number of hydrogen-bond acceptors (Lipinski definition) is 4. The summed E-state index contributed by atoms with van der Waals surface area (Å²) < 4.78 is 30.6. The first-order valence-corrected chi connectivity index (χ1v) is 6.69. The van der Waals surface area contributed by atoms with Crippen LogP contribution < -0.4 is 10.5 Å². The Morgan fingerprint density at radius 1 is 1.33 bits per heavy atom. The molecule has 0 aliphatic heterocycles. The Labute approximate surface area is 114 Å². The highest BCUT2D eigenvalue weighted by molar-refractivity contribution is 7.89. The van der Waals surface area contributed by atoms with Gasteiger partial charge in [-0.05, 0) is 31.2 Å². The van der Waals surface area contributed by atoms with Gasteiger partial charge in [-0.2, -0.15) is 4.31 Å². The molecule has 7 heteroatoms. The van der Waals surface area contributed by atoms with Crippen molar-refractivity contribution in [2.45, 2.75) is 17.9 Å². The molecule has 0 aliphatic carbocycles. The van der Waals surface area contributed by atoms with Crippen LogP contribution in [0.2, 0.25) is 0 Å². The van der Waals surface area contributed by atoms with E-state index in [1.165, 1.54) is 30.6 Å². The van der Waals surface area contributed by atoms with Gasteiger partial charge < -0.3 is 10.5 Å². The first-order chi connectivity index (χ1) is 7.93. The normalized spacial score (nSPS) is 12.9. The highest BCUT2D eigenvalue weighted by Gasteiger charge is 2.24. The van der Waals surface area contributed by atoms with E-state index in [1.54, 1.807) is 19.1 Å². The summed E-state index contributed by atoms with van der Waals surface area (Å²) >= 11 is 0. The molecule has 0 spiro atoms. The zero-order valence-electron chi connectivity index (χ0n) is 10.7. The van der Waals surface area contributed by atoms with Crippen LogP contribution in [0.1, 0.15) is 6.92 Å². The van der Waals surface area contributed by atoms with Gasteiger partial charge >= 0.3 is 0 Å². The average Bonchev–Trinajstić information content (AvgIpc) is 2.36. The molecule has 0 saturated heterocycles. The molecular weight excluding hydrogens is 276 g/mol. The van der Waals surface area contributed by atoms with Gasteiger partial charge in [0.1, 0.15) is 5.75 Å². The SMILES string of the molecule is COc1ccc(S(=O)(=O)N(C)C(C)CN)cc1.Cl. The standard InChI is InChI=1S/C11H18N2O3S.ClH/c1-9(8-12)13(2)17(14,15)11-6-4-10(16-3)5-7-11;/h4-7,9H,8,12H2,1-3H3;1H. The van der Waals surface area contributed by atoms with Crippen LogP contribution in [0.5, 0.6) is 5.75 Å². The van der Waals surface area contributed by atoms with Gasteiger partial charge in [-0.1, -0.05) is 0 Å². The zero-order chi connectivity index (χ0) is 13.1. The Balaban J connectivity index is 0.00000289. The van der Waals surface area contributed by atoms with Crippen LogP contribution in [-0.2, 0) is 10.0 Å². The fraction of sp³-hybridized carbons (Fsp3) is 0.455. The van der Waals surface area contributed by atoms with E-state index in [4.69, 9.17) is 10.5 Å². The van der Waals surface area contributed by atoms with Crippen LogP contribution in [0.3, 0.4) is 0 Å². The Bertz CT molecular complexity index is 462. The number of nitrogens with zero attached hydrogens (tertiary/aromatic N) is 1. The Morgan fingerprint density at radius 3 is 2.22 bits per heavy atom. The summed E-state index contributed by atoms with van der Waals surface area (Å²) in [7, 11) is -0.419. The molecule has 0 radical (unpaired) electrons. The fourth-order valence-electron chi connectivity index (χ4n) is 1.30. The molecule has 0 aromatic heterocycles. The second-order valence-corrected chi connectivity index (χ2v) is 5.78. The van der Waals surface area contributed by atoms with Crippen molar-refractivity contribution in [2.24, 2.45) is 5.73 Å². The van der Waals surface area contributed by atoms with E-state index in [2.05, 4.69) is 0 Å². The van der Waals surface area contributed by atoms with Gasteiger partial charge in [0.25, 0.3) is 0 Å². The van der Waals surface area contributed by atoms with Crippen molar-refractivity contribution < 1.29 is 13.2 Å². The highest BCUT2D eigenvalue weighted by Crippen LogP contribution is 2.19. The number of halogens is 1. The summed E-state index contributed by atoms with van der Waals surface area (Å²) in [5.74, 6) is 0.624. The molecule has 0 bridgehead atoms. The molecule has 0 aliphatic rings. The first-order valence-electron chi connectivity index (χ1n) is 5.25. The maximum absolute atomic E-state index is 12.2. The van der Waals surface area contributed by atoms with Crippen molar-refractivity contribution >= 4 is 22.4 Å². The summed E-state index contributed by atoms with van der Waals surface area (Å²) in [6.07, 6.45) is 0. The van der Waals surface area contributed by atoms with Crippen LogP contribution in [-0.4, -0.2) is 39.5 Å². The van der Waals surface area contributed by atoms with Gasteiger partial charge in [-0.25, -0.2) is 8.42 Å². The first kappa shape index (κ1) is 17.2. The molecule has 18 heavy (non-hydrogen) atoms. The fourth-order valence-corrected chi connectivity index (χ4v) is 2.67. The molecule has 1 aromatic rings. The van der Waals surface area contributed by atoms with E-state index in [1.807, 2.05) is 0 Å². The number of sulfonamides is 1. The Kier molecular flexibility index (Phi) is 6.62. The van der Waals surface area contributed by atoms with Gasteiger partial charge in [-0.3, -0.25) is 0 Å². The largest absolute Gasteiger partial charge is 0.497 e. The number of hydrogen-bond donors (Lipinski definition) is 1. The lowest BCUT2D eigenvalue weighted by molar-refractivity contribution is 0.394. The quantitative estimate of drug-likeness (QED) is 0.882. The molecule has 1 unspecified atom stereocenters. The van der Waals surface area contributed by atoms with E-state index in [-0.39, 0.29) is 29.9 Å².